The van der Waals surface area contributed by atoms with Gasteiger partial charge in [0.2, 0.25) is 0 Å². The van der Waals surface area contributed by atoms with Gasteiger partial charge in [-0.25, -0.2) is 0 Å². The molecular formula is C21H24N2O3. The van der Waals surface area contributed by atoms with Crippen molar-refractivity contribution in [2.75, 3.05) is 5.32 Å². The Labute approximate surface area is 153 Å². The second-order valence-corrected chi connectivity index (χ2v) is 6.74. The average Bonchev–Trinajstić information content (AvgIpc) is 2.66. The van der Waals surface area contributed by atoms with Gasteiger partial charge in [-0.3, -0.25) is 9.59 Å². The zero-order valence-electron chi connectivity index (χ0n) is 14.9. The van der Waals surface area contributed by atoms with Crippen molar-refractivity contribution in [1.29, 1.82) is 0 Å². The van der Waals surface area contributed by atoms with E-state index in [1.165, 1.54) is 6.42 Å². The van der Waals surface area contributed by atoms with Crippen molar-refractivity contribution in [2.45, 2.75) is 38.6 Å². The van der Waals surface area contributed by atoms with Gasteiger partial charge < -0.3 is 15.4 Å². The third-order valence-electron chi connectivity index (χ3n) is 4.73. The van der Waals surface area contributed by atoms with Gasteiger partial charge in [0, 0.05) is 11.7 Å². The zero-order chi connectivity index (χ0) is 18.4. The van der Waals surface area contributed by atoms with Gasteiger partial charge in [0.15, 0.2) is 0 Å². The number of carbonyl (C=O) groups excluding carboxylic acids is 2. The van der Waals surface area contributed by atoms with Crippen LogP contribution in [0.1, 0.15) is 32.6 Å². The molecule has 5 heteroatoms. The van der Waals surface area contributed by atoms with Crippen LogP contribution in [0.5, 0.6) is 11.5 Å². The highest BCUT2D eigenvalue weighted by Crippen LogP contribution is 2.24. The Bertz CT molecular complexity index is 744. The van der Waals surface area contributed by atoms with Crippen LogP contribution in [0.4, 0.5) is 5.69 Å². The first kappa shape index (κ1) is 18.0. The normalized spacial score (nSPS) is 19.4. The molecule has 0 radical (unpaired) electrons. The van der Waals surface area contributed by atoms with Gasteiger partial charge in [0.05, 0.1) is 0 Å². The van der Waals surface area contributed by atoms with E-state index in [1.54, 1.807) is 24.3 Å². The summed E-state index contributed by atoms with van der Waals surface area (Å²) in [6, 6.07) is 16.5. The molecule has 0 saturated heterocycles. The molecule has 26 heavy (non-hydrogen) atoms. The summed E-state index contributed by atoms with van der Waals surface area (Å²) in [5.74, 6) is 0.600. The predicted octanol–water partition coefficient (Wildman–Crippen LogP) is 4.11. The van der Waals surface area contributed by atoms with Crippen molar-refractivity contribution >= 4 is 17.5 Å². The molecule has 2 amide bonds. The number of anilines is 1. The summed E-state index contributed by atoms with van der Waals surface area (Å²) >= 11 is 0. The minimum Gasteiger partial charge on any atom is -0.457 e. The summed E-state index contributed by atoms with van der Waals surface area (Å²) in [5.41, 5.74) is 0.558. The van der Waals surface area contributed by atoms with E-state index in [2.05, 4.69) is 17.6 Å². The van der Waals surface area contributed by atoms with Crippen molar-refractivity contribution < 1.29 is 14.3 Å². The number of amides is 2. The summed E-state index contributed by atoms with van der Waals surface area (Å²) < 4.78 is 5.71. The van der Waals surface area contributed by atoms with Gasteiger partial charge in [-0.1, -0.05) is 38.0 Å². The Morgan fingerprint density at radius 3 is 2.23 bits per heavy atom. The first-order chi connectivity index (χ1) is 12.6. The zero-order valence-corrected chi connectivity index (χ0v) is 14.9. The molecule has 0 bridgehead atoms. The van der Waals surface area contributed by atoms with E-state index in [0.29, 0.717) is 17.4 Å². The number of benzene rings is 2. The third kappa shape index (κ3) is 4.85. The molecule has 2 N–H and O–H groups in total. The summed E-state index contributed by atoms with van der Waals surface area (Å²) in [7, 11) is 0. The van der Waals surface area contributed by atoms with E-state index in [-0.39, 0.29) is 6.04 Å². The monoisotopic (exact) mass is 352 g/mol. The number of ether oxygens (including phenoxy) is 1. The third-order valence-corrected chi connectivity index (χ3v) is 4.73. The van der Waals surface area contributed by atoms with Crippen LogP contribution in [0.15, 0.2) is 54.6 Å². The Morgan fingerprint density at radius 1 is 0.885 bits per heavy atom. The predicted molar refractivity (Wildman–Crippen MR) is 101 cm³/mol. The van der Waals surface area contributed by atoms with Gasteiger partial charge in [-0.05, 0) is 55.2 Å². The van der Waals surface area contributed by atoms with Gasteiger partial charge in [0.25, 0.3) is 0 Å². The van der Waals surface area contributed by atoms with Gasteiger partial charge >= 0.3 is 11.8 Å². The highest BCUT2D eigenvalue weighted by molar-refractivity contribution is 6.39. The van der Waals surface area contributed by atoms with Gasteiger partial charge in [0.1, 0.15) is 11.5 Å². The minimum absolute atomic E-state index is 0.0867. The van der Waals surface area contributed by atoms with Crippen LogP contribution >= 0.6 is 0 Å². The number of nitrogens with one attached hydrogen (secondary N) is 2. The standard InChI is InChI=1S/C21H24N2O3/c1-15-7-5-6-10-19(15)23-21(25)20(24)22-16-11-13-18(14-12-16)26-17-8-3-2-4-9-17/h2-4,8-9,11-15,19H,5-7,10H2,1H3,(H,22,24)(H,23,25). The Hall–Kier alpha value is -2.82. The molecule has 5 nitrogen and oxygen atoms in total. The van der Waals surface area contributed by atoms with Crippen molar-refractivity contribution in [2.24, 2.45) is 5.92 Å². The van der Waals surface area contributed by atoms with Crippen LogP contribution < -0.4 is 15.4 Å². The fourth-order valence-electron chi connectivity index (χ4n) is 3.18. The molecule has 2 atom stereocenters. The Kier molecular flexibility index (Phi) is 5.89. The summed E-state index contributed by atoms with van der Waals surface area (Å²) in [6.07, 6.45) is 4.32. The fourth-order valence-corrected chi connectivity index (χ4v) is 3.18. The van der Waals surface area contributed by atoms with Crippen LogP contribution in [0, 0.1) is 5.92 Å². The number of rotatable bonds is 4. The molecule has 0 spiro atoms. The van der Waals surface area contributed by atoms with Crippen LogP contribution in [0.2, 0.25) is 0 Å². The molecular weight excluding hydrogens is 328 g/mol. The van der Waals surface area contributed by atoms with Gasteiger partial charge in [-0.2, -0.15) is 0 Å². The second kappa shape index (κ2) is 8.52. The molecule has 2 aromatic carbocycles. The number of hydrogen-bond donors (Lipinski definition) is 2. The average molecular weight is 352 g/mol. The van der Waals surface area contributed by atoms with Crippen molar-refractivity contribution in [1.82, 2.24) is 5.32 Å². The van der Waals surface area contributed by atoms with Crippen molar-refractivity contribution in [3.05, 3.63) is 54.6 Å². The van der Waals surface area contributed by atoms with Crippen LogP contribution in [-0.2, 0) is 9.59 Å². The maximum absolute atomic E-state index is 12.1. The molecule has 3 rings (SSSR count). The lowest BCUT2D eigenvalue weighted by Gasteiger charge is -2.29. The van der Waals surface area contributed by atoms with Crippen molar-refractivity contribution in [3.8, 4) is 11.5 Å². The molecule has 0 aromatic heterocycles. The molecule has 0 heterocycles. The molecule has 2 unspecified atom stereocenters. The summed E-state index contributed by atoms with van der Waals surface area (Å²) in [5, 5.41) is 5.49. The summed E-state index contributed by atoms with van der Waals surface area (Å²) in [4.78, 5) is 24.2. The van der Waals surface area contributed by atoms with E-state index in [0.717, 1.165) is 25.0 Å². The highest BCUT2D eigenvalue weighted by atomic mass is 16.5. The van der Waals surface area contributed by atoms with Gasteiger partial charge in [-0.15, -0.1) is 0 Å². The highest BCUT2D eigenvalue weighted by Gasteiger charge is 2.25. The van der Waals surface area contributed by atoms with E-state index < -0.39 is 11.8 Å². The second-order valence-electron chi connectivity index (χ2n) is 6.74. The number of carbonyl (C=O) groups is 2. The fraction of sp³-hybridized carbons (Fsp3) is 0.333. The topological polar surface area (TPSA) is 67.4 Å². The first-order valence-corrected chi connectivity index (χ1v) is 9.06. The van der Waals surface area contributed by atoms with E-state index in [4.69, 9.17) is 4.74 Å². The van der Waals surface area contributed by atoms with Crippen LogP contribution in [0.3, 0.4) is 0 Å². The lowest BCUT2D eigenvalue weighted by atomic mass is 9.86. The molecule has 1 fully saturated rings. The van der Waals surface area contributed by atoms with E-state index >= 15 is 0 Å². The molecule has 1 aliphatic carbocycles. The van der Waals surface area contributed by atoms with E-state index in [1.807, 2.05) is 30.3 Å². The van der Waals surface area contributed by atoms with E-state index in [9.17, 15) is 9.59 Å². The number of hydrogen-bond acceptors (Lipinski definition) is 3. The Balaban J connectivity index is 1.53. The first-order valence-electron chi connectivity index (χ1n) is 9.06. The SMILES string of the molecule is CC1CCCCC1NC(=O)C(=O)Nc1ccc(Oc2ccccc2)cc1. The maximum atomic E-state index is 12.1. The molecule has 1 aliphatic rings. The Morgan fingerprint density at radius 2 is 1.54 bits per heavy atom. The van der Waals surface area contributed by atoms with Crippen molar-refractivity contribution in [3.63, 3.8) is 0 Å². The quantitative estimate of drug-likeness (QED) is 0.814. The molecule has 1 saturated carbocycles. The lowest BCUT2D eigenvalue weighted by molar-refractivity contribution is -0.137. The molecule has 136 valence electrons. The molecule has 2 aromatic rings. The minimum atomic E-state index is -0.639. The lowest BCUT2D eigenvalue weighted by Crippen LogP contribution is -2.45. The van der Waals surface area contributed by atoms with Crippen LogP contribution in [0.25, 0.3) is 0 Å². The molecule has 0 aliphatic heterocycles. The summed E-state index contributed by atoms with van der Waals surface area (Å²) in [6.45, 7) is 2.12. The smallest absolute Gasteiger partial charge is 0.313 e. The van der Waals surface area contributed by atoms with Crippen LogP contribution in [-0.4, -0.2) is 17.9 Å². The largest absolute Gasteiger partial charge is 0.457 e. The number of para-hydroxylation sites is 1. The maximum Gasteiger partial charge on any atom is 0.313 e.